The number of methoxy groups -OCH3 is 1. The van der Waals surface area contributed by atoms with E-state index in [0.717, 1.165) is 18.5 Å². The summed E-state index contributed by atoms with van der Waals surface area (Å²) in [4.78, 5) is 13.9. The van der Waals surface area contributed by atoms with E-state index in [1.54, 1.807) is 12.0 Å². The van der Waals surface area contributed by atoms with Crippen LogP contribution in [0.3, 0.4) is 0 Å². The number of hydrogen-bond donors (Lipinski definition) is 2. The lowest BCUT2D eigenvalue weighted by Gasteiger charge is -2.24. The first-order valence-electron chi connectivity index (χ1n) is 6.63. The fourth-order valence-corrected chi connectivity index (χ4v) is 1.76. The van der Waals surface area contributed by atoms with Crippen LogP contribution in [0.5, 0.6) is 5.75 Å². The Bertz CT molecular complexity index is 396. The lowest BCUT2D eigenvalue weighted by atomic mass is 10.2. The minimum absolute atomic E-state index is 0.111. The Labute approximate surface area is 114 Å². The minimum atomic E-state index is -0.111. The van der Waals surface area contributed by atoms with Gasteiger partial charge < -0.3 is 15.8 Å². The Morgan fingerprint density at radius 3 is 2.79 bits per heavy atom. The van der Waals surface area contributed by atoms with Crippen molar-refractivity contribution in [2.45, 2.75) is 19.8 Å². The van der Waals surface area contributed by atoms with Crippen LogP contribution in [0.25, 0.3) is 0 Å². The van der Waals surface area contributed by atoms with Gasteiger partial charge in [0.1, 0.15) is 5.75 Å². The Morgan fingerprint density at radius 1 is 1.42 bits per heavy atom. The van der Waals surface area contributed by atoms with Crippen LogP contribution in [-0.2, 0) is 0 Å². The number of nitrogens with zero attached hydrogens (tertiary/aromatic N) is 1. The maximum absolute atomic E-state index is 12.2. The molecule has 0 aliphatic rings. The molecule has 1 aromatic rings. The number of carbonyl (C=O) groups is 1. The number of hydrogen-bond acceptors (Lipinski definition) is 3. The molecule has 0 heterocycles. The number of nitrogens with two attached hydrogens (primary N) is 1. The summed E-state index contributed by atoms with van der Waals surface area (Å²) < 4.78 is 5.31. The lowest BCUT2D eigenvalue weighted by molar-refractivity contribution is 0.246. The molecule has 1 rings (SSSR count). The standard InChI is InChI=1S/C14H23N3O2/c1-3-10-16-14(18)17(11-6-9-15)12-7-4-5-8-13(12)19-2/h4-5,7-8H,3,6,9-11,15H2,1-2H3,(H,16,18). The van der Waals surface area contributed by atoms with Gasteiger partial charge in [0.25, 0.3) is 0 Å². The van der Waals surface area contributed by atoms with Crippen LogP contribution in [0.2, 0.25) is 0 Å². The highest BCUT2D eigenvalue weighted by atomic mass is 16.5. The molecule has 0 fully saturated rings. The van der Waals surface area contributed by atoms with Gasteiger partial charge in [0.15, 0.2) is 0 Å². The molecule has 5 heteroatoms. The Kier molecular flexibility index (Phi) is 6.74. The molecule has 2 amide bonds. The molecule has 3 N–H and O–H groups in total. The third kappa shape index (κ3) is 4.44. The number of amides is 2. The molecule has 0 aliphatic carbocycles. The highest BCUT2D eigenvalue weighted by Gasteiger charge is 2.17. The minimum Gasteiger partial charge on any atom is -0.495 e. The molecule has 0 aliphatic heterocycles. The second-order valence-electron chi connectivity index (χ2n) is 4.20. The second kappa shape index (κ2) is 8.37. The van der Waals surface area contributed by atoms with Gasteiger partial charge in [0.05, 0.1) is 12.8 Å². The summed E-state index contributed by atoms with van der Waals surface area (Å²) in [5, 5.41) is 2.88. The monoisotopic (exact) mass is 265 g/mol. The van der Waals surface area contributed by atoms with E-state index >= 15 is 0 Å². The number of benzene rings is 1. The van der Waals surface area contributed by atoms with Gasteiger partial charge in [0.2, 0.25) is 0 Å². The molecule has 0 spiro atoms. The highest BCUT2D eigenvalue weighted by Crippen LogP contribution is 2.27. The Hall–Kier alpha value is -1.75. The van der Waals surface area contributed by atoms with Gasteiger partial charge in [0, 0.05) is 13.1 Å². The van der Waals surface area contributed by atoms with Gasteiger partial charge in [-0.1, -0.05) is 19.1 Å². The van der Waals surface area contributed by atoms with Gasteiger partial charge in [-0.25, -0.2) is 4.79 Å². The van der Waals surface area contributed by atoms with Crippen LogP contribution in [-0.4, -0.2) is 32.8 Å². The molecule has 0 atom stereocenters. The van der Waals surface area contributed by atoms with E-state index < -0.39 is 0 Å². The van der Waals surface area contributed by atoms with Crippen molar-refractivity contribution in [3.05, 3.63) is 24.3 Å². The van der Waals surface area contributed by atoms with Crippen LogP contribution >= 0.6 is 0 Å². The zero-order valence-electron chi connectivity index (χ0n) is 11.7. The molecule has 0 saturated carbocycles. The molecule has 19 heavy (non-hydrogen) atoms. The number of para-hydroxylation sites is 2. The first-order chi connectivity index (χ1) is 9.24. The van der Waals surface area contributed by atoms with Gasteiger partial charge in [-0.05, 0) is 31.5 Å². The predicted molar refractivity (Wildman–Crippen MR) is 77.7 cm³/mol. The number of carbonyl (C=O) groups excluding carboxylic acids is 1. The molecule has 0 bridgehead atoms. The van der Waals surface area contributed by atoms with Crippen molar-refractivity contribution in [2.75, 3.05) is 31.6 Å². The van der Waals surface area contributed by atoms with E-state index in [9.17, 15) is 4.79 Å². The number of ether oxygens (including phenoxy) is 1. The van der Waals surface area contributed by atoms with Gasteiger partial charge in [-0.2, -0.15) is 0 Å². The summed E-state index contributed by atoms with van der Waals surface area (Å²) in [7, 11) is 1.60. The maximum atomic E-state index is 12.2. The number of nitrogens with one attached hydrogen (secondary N) is 1. The maximum Gasteiger partial charge on any atom is 0.321 e. The molecule has 0 saturated heterocycles. The average molecular weight is 265 g/mol. The highest BCUT2D eigenvalue weighted by molar-refractivity contribution is 5.93. The van der Waals surface area contributed by atoms with E-state index in [1.807, 2.05) is 31.2 Å². The van der Waals surface area contributed by atoms with Gasteiger partial charge in [-0.3, -0.25) is 4.90 Å². The number of anilines is 1. The van der Waals surface area contributed by atoms with E-state index in [4.69, 9.17) is 10.5 Å². The molecular weight excluding hydrogens is 242 g/mol. The van der Waals surface area contributed by atoms with Crippen LogP contribution in [0.4, 0.5) is 10.5 Å². The van der Waals surface area contributed by atoms with Crippen molar-refractivity contribution in [3.8, 4) is 5.75 Å². The first-order valence-corrected chi connectivity index (χ1v) is 6.63. The smallest absolute Gasteiger partial charge is 0.321 e. The average Bonchev–Trinajstić information content (AvgIpc) is 2.45. The molecule has 5 nitrogen and oxygen atoms in total. The van der Waals surface area contributed by atoms with E-state index in [2.05, 4.69) is 5.32 Å². The van der Waals surface area contributed by atoms with Crippen molar-refractivity contribution < 1.29 is 9.53 Å². The van der Waals surface area contributed by atoms with Crippen LogP contribution in [0.1, 0.15) is 19.8 Å². The fourth-order valence-electron chi connectivity index (χ4n) is 1.76. The van der Waals surface area contributed by atoms with Crippen LogP contribution in [0.15, 0.2) is 24.3 Å². The summed E-state index contributed by atoms with van der Waals surface area (Å²) in [6, 6.07) is 7.38. The van der Waals surface area contributed by atoms with Crippen molar-refractivity contribution in [1.29, 1.82) is 0 Å². The number of urea groups is 1. The quantitative estimate of drug-likeness (QED) is 0.792. The van der Waals surface area contributed by atoms with Gasteiger partial charge in [-0.15, -0.1) is 0 Å². The zero-order valence-corrected chi connectivity index (χ0v) is 11.7. The summed E-state index contributed by atoms with van der Waals surface area (Å²) in [6.45, 7) is 3.81. The fraction of sp³-hybridized carbons (Fsp3) is 0.500. The van der Waals surface area contributed by atoms with Crippen molar-refractivity contribution in [3.63, 3.8) is 0 Å². The largest absolute Gasteiger partial charge is 0.495 e. The predicted octanol–water partition coefficient (Wildman–Crippen LogP) is 1.97. The van der Waals surface area contributed by atoms with Crippen molar-refractivity contribution in [2.24, 2.45) is 5.73 Å². The summed E-state index contributed by atoms with van der Waals surface area (Å²) in [5.41, 5.74) is 6.31. The molecular formula is C14H23N3O2. The first kappa shape index (κ1) is 15.3. The normalized spacial score (nSPS) is 10.1. The number of rotatable bonds is 7. The van der Waals surface area contributed by atoms with Crippen molar-refractivity contribution >= 4 is 11.7 Å². The second-order valence-corrected chi connectivity index (χ2v) is 4.20. The third-order valence-electron chi connectivity index (χ3n) is 2.73. The van der Waals surface area contributed by atoms with E-state index in [1.165, 1.54) is 0 Å². The summed E-state index contributed by atoms with van der Waals surface area (Å²) in [5.74, 6) is 0.686. The molecule has 0 radical (unpaired) electrons. The van der Waals surface area contributed by atoms with Crippen LogP contribution in [0, 0.1) is 0 Å². The third-order valence-corrected chi connectivity index (χ3v) is 2.73. The molecule has 106 valence electrons. The van der Waals surface area contributed by atoms with Gasteiger partial charge >= 0.3 is 6.03 Å². The van der Waals surface area contributed by atoms with E-state index in [-0.39, 0.29) is 6.03 Å². The summed E-state index contributed by atoms with van der Waals surface area (Å²) in [6.07, 6.45) is 1.65. The Morgan fingerprint density at radius 2 is 2.16 bits per heavy atom. The topological polar surface area (TPSA) is 67.6 Å². The SMILES string of the molecule is CCCNC(=O)N(CCCN)c1ccccc1OC. The molecule has 0 unspecified atom stereocenters. The zero-order chi connectivity index (χ0) is 14.1. The summed E-state index contributed by atoms with van der Waals surface area (Å²) >= 11 is 0. The molecule has 1 aromatic carbocycles. The molecule has 0 aromatic heterocycles. The van der Waals surface area contributed by atoms with Crippen molar-refractivity contribution in [1.82, 2.24) is 5.32 Å². The lowest BCUT2D eigenvalue weighted by Crippen LogP contribution is -2.41. The van der Waals surface area contributed by atoms with E-state index in [0.29, 0.717) is 25.4 Å². The van der Waals surface area contributed by atoms with Crippen LogP contribution < -0.4 is 20.7 Å². The Balaban J connectivity index is 2.91.